The average molecular weight is 252 g/mol. The number of hydrogen-bond acceptors (Lipinski definition) is 3. The molecule has 0 unspecified atom stereocenters. The monoisotopic (exact) mass is 252 g/mol. The Morgan fingerprint density at radius 1 is 1.24 bits per heavy atom. The van der Waals surface area contributed by atoms with Crippen molar-refractivity contribution in [3.63, 3.8) is 0 Å². The van der Waals surface area contributed by atoms with Crippen LogP contribution in [-0.4, -0.2) is 27.4 Å². The lowest BCUT2D eigenvalue weighted by Crippen LogP contribution is -2.47. The van der Waals surface area contributed by atoms with Gasteiger partial charge in [-0.2, -0.15) is 0 Å². The van der Waals surface area contributed by atoms with Gasteiger partial charge in [-0.05, 0) is 43.8 Å². The summed E-state index contributed by atoms with van der Waals surface area (Å²) in [6.45, 7) is 1.13. The number of piperidine rings is 1. The molecule has 1 aliphatic heterocycles. The van der Waals surface area contributed by atoms with Crippen LogP contribution >= 0.6 is 12.2 Å². The second-order valence-corrected chi connectivity index (χ2v) is 5.72. The molecule has 2 aliphatic rings. The van der Waals surface area contributed by atoms with E-state index in [9.17, 15) is 0 Å². The second kappa shape index (κ2) is 4.44. The highest BCUT2D eigenvalue weighted by molar-refractivity contribution is 7.71. The van der Waals surface area contributed by atoms with Crippen molar-refractivity contribution in [2.75, 3.05) is 11.4 Å². The van der Waals surface area contributed by atoms with Gasteiger partial charge in [0.05, 0.1) is 0 Å². The third kappa shape index (κ3) is 1.90. The molecule has 1 saturated heterocycles. The Morgan fingerprint density at radius 2 is 2.00 bits per heavy atom. The van der Waals surface area contributed by atoms with E-state index < -0.39 is 0 Å². The summed E-state index contributed by atoms with van der Waals surface area (Å²) in [6.07, 6.45) is 8.19. The molecule has 1 aromatic rings. The quantitative estimate of drug-likeness (QED) is 0.781. The van der Waals surface area contributed by atoms with E-state index in [2.05, 4.69) is 15.1 Å². The fourth-order valence-corrected chi connectivity index (χ4v) is 3.60. The highest BCUT2D eigenvalue weighted by Crippen LogP contribution is 2.36. The Morgan fingerprint density at radius 3 is 2.76 bits per heavy atom. The Balaban J connectivity index is 1.90. The van der Waals surface area contributed by atoms with Gasteiger partial charge < -0.3 is 4.90 Å². The normalized spacial score (nSPS) is 29.1. The molecule has 4 nitrogen and oxygen atoms in total. The lowest BCUT2D eigenvalue weighted by molar-refractivity contribution is 0.240. The minimum Gasteiger partial charge on any atom is -0.338 e. The first kappa shape index (κ1) is 11.3. The van der Waals surface area contributed by atoms with Crippen molar-refractivity contribution in [2.45, 2.75) is 44.6 Å². The van der Waals surface area contributed by atoms with E-state index in [1.54, 1.807) is 0 Å². The van der Waals surface area contributed by atoms with Crippen LogP contribution in [0.25, 0.3) is 0 Å². The lowest BCUT2D eigenvalue weighted by Gasteiger charge is -2.44. The number of aromatic nitrogens is 3. The molecule has 1 N–H and O–H groups in total. The summed E-state index contributed by atoms with van der Waals surface area (Å²) in [5, 5.41) is 7.31. The summed E-state index contributed by atoms with van der Waals surface area (Å²) in [6, 6.07) is 0.696. The molecule has 0 aromatic carbocycles. The van der Waals surface area contributed by atoms with Crippen molar-refractivity contribution < 1.29 is 0 Å². The van der Waals surface area contributed by atoms with Crippen LogP contribution in [0, 0.1) is 10.7 Å². The van der Waals surface area contributed by atoms with E-state index in [1.165, 1.54) is 38.5 Å². The van der Waals surface area contributed by atoms with Crippen molar-refractivity contribution in [1.82, 2.24) is 14.8 Å². The van der Waals surface area contributed by atoms with Crippen molar-refractivity contribution >= 4 is 18.2 Å². The predicted molar refractivity (Wildman–Crippen MR) is 70.7 cm³/mol. The molecule has 0 bridgehead atoms. The van der Waals surface area contributed by atoms with Gasteiger partial charge in [0.15, 0.2) is 4.77 Å². The summed E-state index contributed by atoms with van der Waals surface area (Å²) >= 11 is 5.21. The van der Waals surface area contributed by atoms with Crippen molar-refractivity contribution in [3.8, 4) is 0 Å². The van der Waals surface area contributed by atoms with Gasteiger partial charge in [0, 0.05) is 19.6 Å². The average Bonchev–Trinajstić information content (AvgIpc) is 2.69. The molecular formula is C12H20N4S. The van der Waals surface area contributed by atoms with Gasteiger partial charge in [-0.25, -0.2) is 5.10 Å². The molecule has 1 aromatic heterocycles. The van der Waals surface area contributed by atoms with Gasteiger partial charge in [-0.15, -0.1) is 5.10 Å². The van der Waals surface area contributed by atoms with Gasteiger partial charge in [-0.1, -0.05) is 12.8 Å². The zero-order valence-corrected chi connectivity index (χ0v) is 11.2. The Kier molecular flexibility index (Phi) is 2.94. The molecule has 0 radical (unpaired) electrons. The first-order valence-electron chi connectivity index (χ1n) is 6.65. The van der Waals surface area contributed by atoms with Crippen LogP contribution < -0.4 is 4.90 Å². The topological polar surface area (TPSA) is 36.9 Å². The van der Waals surface area contributed by atoms with Crippen LogP contribution in [0.2, 0.25) is 0 Å². The molecule has 1 saturated carbocycles. The van der Waals surface area contributed by atoms with E-state index in [-0.39, 0.29) is 0 Å². The van der Waals surface area contributed by atoms with Crippen LogP contribution in [-0.2, 0) is 7.05 Å². The fourth-order valence-electron chi connectivity index (χ4n) is 3.47. The maximum Gasteiger partial charge on any atom is 0.225 e. The minimum absolute atomic E-state index is 0.696. The van der Waals surface area contributed by atoms with Crippen LogP contribution in [0.15, 0.2) is 0 Å². The number of rotatable bonds is 1. The zero-order chi connectivity index (χ0) is 11.8. The third-order valence-corrected chi connectivity index (χ3v) is 4.72. The maximum absolute atomic E-state index is 5.21. The first-order chi connectivity index (χ1) is 8.27. The molecule has 5 heteroatoms. The Labute approximate surface area is 107 Å². The fraction of sp³-hybridized carbons (Fsp3) is 0.833. The van der Waals surface area contributed by atoms with Crippen molar-refractivity contribution in [3.05, 3.63) is 4.77 Å². The Hall–Kier alpha value is -0.840. The third-order valence-electron chi connectivity index (χ3n) is 4.36. The first-order valence-corrected chi connectivity index (χ1v) is 7.06. The number of nitrogens with one attached hydrogen (secondary N) is 1. The number of hydrogen-bond donors (Lipinski definition) is 1. The molecule has 2 heterocycles. The van der Waals surface area contributed by atoms with Gasteiger partial charge in [0.1, 0.15) is 0 Å². The number of H-pyrrole nitrogens is 1. The number of anilines is 1. The van der Waals surface area contributed by atoms with E-state index in [1.807, 2.05) is 11.6 Å². The van der Waals surface area contributed by atoms with Gasteiger partial charge in [0.2, 0.25) is 5.95 Å². The predicted octanol–water partition coefficient (Wildman–Crippen LogP) is 2.64. The van der Waals surface area contributed by atoms with Crippen LogP contribution in [0.4, 0.5) is 5.95 Å². The molecule has 17 heavy (non-hydrogen) atoms. The van der Waals surface area contributed by atoms with Gasteiger partial charge >= 0.3 is 0 Å². The minimum atomic E-state index is 0.696. The number of nitrogens with zero attached hydrogens (tertiary/aromatic N) is 3. The number of fused-ring (bicyclic) bond motifs is 1. The van der Waals surface area contributed by atoms with Gasteiger partial charge in [-0.3, -0.25) is 4.57 Å². The molecule has 0 amide bonds. The van der Waals surface area contributed by atoms with E-state index in [0.29, 0.717) is 6.04 Å². The number of aromatic amines is 1. The van der Waals surface area contributed by atoms with Crippen LogP contribution in [0.1, 0.15) is 38.5 Å². The van der Waals surface area contributed by atoms with Crippen LogP contribution in [0.3, 0.4) is 0 Å². The molecule has 1 aliphatic carbocycles. The largest absolute Gasteiger partial charge is 0.338 e. The van der Waals surface area contributed by atoms with E-state index >= 15 is 0 Å². The van der Waals surface area contributed by atoms with Crippen molar-refractivity contribution in [2.24, 2.45) is 13.0 Å². The summed E-state index contributed by atoms with van der Waals surface area (Å²) in [5.41, 5.74) is 0. The van der Waals surface area contributed by atoms with Gasteiger partial charge in [0.25, 0.3) is 0 Å². The Bertz CT molecular complexity index is 448. The zero-order valence-electron chi connectivity index (χ0n) is 10.4. The molecule has 3 rings (SSSR count). The molecule has 94 valence electrons. The van der Waals surface area contributed by atoms with Crippen molar-refractivity contribution in [1.29, 1.82) is 0 Å². The highest BCUT2D eigenvalue weighted by Gasteiger charge is 2.34. The highest BCUT2D eigenvalue weighted by atomic mass is 32.1. The summed E-state index contributed by atoms with van der Waals surface area (Å²) in [5.74, 6) is 1.91. The molecular weight excluding hydrogens is 232 g/mol. The summed E-state index contributed by atoms with van der Waals surface area (Å²) in [4.78, 5) is 2.49. The second-order valence-electron chi connectivity index (χ2n) is 5.34. The maximum atomic E-state index is 5.21. The molecule has 2 atom stereocenters. The lowest BCUT2D eigenvalue weighted by atomic mass is 9.78. The molecule has 0 spiro atoms. The standard InChI is InChI=1S/C12H20N4S/c1-15-11(13-14-12(15)17)16-8-4-6-9-5-2-3-7-10(9)16/h9-10H,2-8H2,1H3,(H,14,17)/t9-,10-/m1/s1. The van der Waals surface area contributed by atoms with E-state index in [4.69, 9.17) is 12.2 Å². The SMILES string of the molecule is Cn1c(N2CCC[C@H]3CCCC[C@H]32)n[nH]c1=S. The smallest absolute Gasteiger partial charge is 0.225 e. The van der Waals surface area contributed by atoms with E-state index in [0.717, 1.165) is 23.2 Å². The van der Waals surface area contributed by atoms with Crippen LogP contribution in [0.5, 0.6) is 0 Å². The summed E-state index contributed by atoms with van der Waals surface area (Å²) in [7, 11) is 2.01. The summed E-state index contributed by atoms with van der Waals surface area (Å²) < 4.78 is 2.73. The molecule has 2 fully saturated rings.